The summed E-state index contributed by atoms with van der Waals surface area (Å²) in [6.45, 7) is 0. The van der Waals surface area contributed by atoms with Crippen LogP contribution in [-0.2, 0) is 0 Å². The highest BCUT2D eigenvalue weighted by molar-refractivity contribution is 6.07. The highest BCUT2D eigenvalue weighted by Crippen LogP contribution is 2.36. The zero-order valence-electron chi connectivity index (χ0n) is 30.2. The Morgan fingerprint density at radius 1 is 0.286 bits per heavy atom. The summed E-state index contributed by atoms with van der Waals surface area (Å²) in [5.74, 6) is 3.46. The van der Waals surface area contributed by atoms with Crippen molar-refractivity contribution in [1.29, 1.82) is 0 Å². The Balaban J connectivity index is 0.854. The maximum atomic E-state index is 6.27. The molecule has 56 heavy (non-hydrogen) atoms. The van der Waals surface area contributed by atoms with Gasteiger partial charge in [0.1, 0.15) is 22.7 Å². The van der Waals surface area contributed by atoms with Gasteiger partial charge >= 0.3 is 0 Å². The van der Waals surface area contributed by atoms with Crippen molar-refractivity contribution in [2.75, 3.05) is 0 Å². The van der Waals surface area contributed by atoms with E-state index in [2.05, 4.69) is 109 Å². The highest BCUT2D eigenvalue weighted by Gasteiger charge is 2.14. The molecule has 0 spiro atoms. The SMILES string of the molecule is c1ccc(-c2ccc3oc4ccc(-c5ccc(Oc6ccc(-c7ccc(-c8nc(-c9ccccc9)nc(-c9ccccc9)n8)cc7)cc6)cc5)cc4c3c2)cc1. The summed E-state index contributed by atoms with van der Waals surface area (Å²) in [6.07, 6.45) is 0. The molecule has 0 bridgehead atoms. The number of rotatable bonds is 8. The average molecular weight is 720 g/mol. The van der Waals surface area contributed by atoms with Crippen molar-refractivity contribution in [2.45, 2.75) is 0 Å². The van der Waals surface area contributed by atoms with Crippen LogP contribution in [0.1, 0.15) is 0 Å². The van der Waals surface area contributed by atoms with E-state index in [9.17, 15) is 0 Å². The maximum Gasteiger partial charge on any atom is 0.164 e. The summed E-state index contributed by atoms with van der Waals surface area (Å²) in [6, 6.07) is 68.0. The van der Waals surface area contributed by atoms with E-state index in [0.717, 1.165) is 72.4 Å². The summed E-state index contributed by atoms with van der Waals surface area (Å²) in [5.41, 5.74) is 11.3. The second kappa shape index (κ2) is 14.3. The third-order valence-corrected chi connectivity index (χ3v) is 10.0. The first-order valence-electron chi connectivity index (χ1n) is 18.6. The van der Waals surface area contributed by atoms with E-state index in [0.29, 0.717) is 17.5 Å². The quantitative estimate of drug-likeness (QED) is 0.156. The molecule has 0 unspecified atom stereocenters. The van der Waals surface area contributed by atoms with E-state index in [-0.39, 0.29) is 0 Å². The molecule has 0 aliphatic heterocycles. The number of ether oxygens (including phenoxy) is 1. The van der Waals surface area contributed by atoms with E-state index in [1.807, 2.05) is 91.0 Å². The van der Waals surface area contributed by atoms with Gasteiger partial charge in [0.25, 0.3) is 0 Å². The Morgan fingerprint density at radius 3 is 1.02 bits per heavy atom. The molecule has 5 heteroatoms. The lowest BCUT2D eigenvalue weighted by Crippen LogP contribution is -2.00. The Morgan fingerprint density at radius 2 is 0.589 bits per heavy atom. The van der Waals surface area contributed by atoms with Gasteiger partial charge in [-0.2, -0.15) is 0 Å². The first-order chi connectivity index (χ1) is 27.7. The lowest BCUT2D eigenvalue weighted by molar-refractivity contribution is 0.483. The van der Waals surface area contributed by atoms with Crippen molar-refractivity contribution in [3.05, 3.63) is 200 Å². The second-order valence-corrected chi connectivity index (χ2v) is 13.7. The van der Waals surface area contributed by atoms with Gasteiger partial charge in [0, 0.05) is 27.5 Å². The highest BCUT2D eigenvalue weighted by atomic mass is 16.5. The molecule has 8 aromatic carbocycles. The minimum Gasteiger partial charge on any atom is -0.457 e. The summed E-state index contributed by atoms with van der Waals surface area (Å²) in [5, 5.41) is 2.21. The zero-order chi connectivity index (χ0) is 37.3. The van der Waals surface area contributed by atoms with Crippen LogP contribution in [0, 0.1) is 0 Å². The molecule has 10 aromatic rings. The summed E-state index contributed by atoms with van der Waals surface area (Å²) >= 11 is 0. The molecular weight excluding hydrogens is 687 g/mol. The fourth-order valence-electron chi connectivity index (χ4n) is 7.08. The third-order valence-electron chi connectivity index (χ3n) is 10.0. The normalized spacial score (nSPS) is 11.2. The molecule has 5 nitrogen and oxygen atoms in total. The van der Waals surface area contributed by atoms with Gasteiger partial charge in [0.15, 0.2) is 17.5 Å². The van der Waals surface area contributed by atoms with Gasteiger partial charge in [-0.05, 0) is 81.9 Å². The van der Waals surface area contributed by atoms with Crippen LogP contribution in [-0.4, -0.2) is 15.0 Å². The number of aromatic nitrogens is 3. The Bertz CT molecular complexity index is 2890. The van der Waals surface area contributed by atoms with Gasteiger partial charge in [-0.1, -0.05) is 152 Å². The van der Waals surface area contributed by atoms with Gasteiger partial charge in [0.05, 0.1) is 0 Å². The number of furan rings is 1. The van der Waals surface area contributed by atoms with Crippen molar-refractivity contribution < 1.29 is 9.15 Å². The fraction of sp³-hybridized carbons (Fsp3) is 0. The Hall–Kier alpha value is -7.63. The van der Waals surface area contributed by atoms with Crippen molar-refractivity contribution in [3.63, 3.8) is 0 Å². The second-order valence-electron chi connectivity index (χ2n) is 13.7. The van der Waals surface area contributed by atoms with E-state index < -0.39 is 0 Å². The van der Waals surface area contributed by atoms with Crippen LogP contribution < -0.4 is 4.74 Å². The molecule has 0 saturated carbocycles. The molecule has 0 amide bonds. The minimum absolute atomic E-state index is 0.631. The van der Waals surface area contributed by atoms with Gasteiger partial charge in [-0.25, -0.2) is 15.0 Å². The zero-order valence-corrected chi connectivity index (χ0v) is 30.2. The van der Waals surface area contributed by atoms with E-state index in [1.165, 1.54) is 11.1 Å². The Kier molecular flexibility index (Phi) is 8.43. The van der Waals surface area contributed by atoms with Crippen LogP contribution >= 0.6 is 0 Å². The molecule has 0 saturated heterocycles. The average Bonchev–Trinajstić information content (AvgIpc) is 3.65. The van der Waals surface area contributed by atoms with Crippen LogP contribution in [0.4, 0.5) is 0 Å². The monoisotopic (exact) mass is 719 g/mol. The van der Waals surface area contributed by atoms with Crippen LogP contribution in [0.3, 0.4) is 0 Å². The van der Waals surface area contributed by atoms with E-state index >= 15 is 0 Å². The molecule has 0 radical (unpaired) electrons. The van der Waals surface area contributed by atoms with Crippen molar-refractivity contribution in [2.24, 2.45) is 0 Å². The van der Waals surface area contributed by atoms with E-state index in [1.54, 1.807) is 0 Å². The van der Waals surface area contributed by atoms with Crippen molar-refractivity contribution in [1.82, 2.24) is 15.0 Å². The van der Waals surface area contributed by atoms with Gasteiger partial charge in [0.2, 0.25) is 0 Å². The predicted molar refractivity (Wildman–Crippen MR) is 226 cm³/mol. The first kappa shape index (κ1) is 33.0. The fourth-order valence-corrected chi connectivity index (χ4v) is 7.08. The van der Waals surface area contributed by atoms with Crippen LogP contribution in [0.2, 0.25) is 0 Å². The lowest BCUT2D eigenvalue weighted by atomic mass is 10.0. The first-order valence-corrected chi connectivity index (χ1v) is 18.6. The standard InChI is InChI=1S/C51H33N3O2/c1-4-10-34(11-5-1)41-24-30-47-45(32-41)46-33-42(25-31-48(46)56-47)37-22-28-44(29-23-37)55-43-26-20-36(21-27-43)35-16-18-40(19-17-35)51-53-49(38-12-6-2-7-13-38)52-50(54-51)39-14-8-3-9-15-39/h1-33H. The molecule has 0 aliphatic rings. The lowest BCUT2D eigenvalue weighted by Gasteiger charge is -2.10. The number of fused-ring (bicyclic) bond motifs is 3. The largest absolute Gasteiger partial charge is 0.457 e. The van der Waals surface area contributed by atoms with E-state index in [4.69, 9.17) is 24.1 Å². The Labute approximate surface area is 324 Å². The molecule has 0 fully saturated rings. The summed E-state index contributed by atoms with van der Waals surface area (Å²) in [4.78, 5) is 14.5. The summed E-state index contributed by atoms with van der Waals surface area (Å²) < 4.78 is 12.5. The molecule has 0 aliphatic carbocycles. The van der Waals surface area contributed by atoms with Gasteiger partial charge < -0.3 is 9.15 Å². The third kappa shape index (κ3) is 6.59. The van der Waals surface area contributed by atoms with Crippen LogP contribution in [0.5, 0.6) is 11.5 Å². The van der Waals surface area contributed by atoms with Crippen molar-refractivity contribution >= 4 is 21.9 Å². The molecule has 2 aromatic heterocycles. The predicted octanol–water partition coefficient (Wildman–Crippen LogP) is 13.6. The number of hydrogen-bond acceptors (Lipinski definition) is 5. The smallest absolute Gasteiger partial charge is 0.164 e. The minimum atomic E-state index is 0.631. The molecule has 0 atom stereocenters. The molecule has 2 heterocycles. The number of benzene rings is 8. The molecule has 0 N–H and O–H groups in total. The number of hydrogen-bond donors (Lipinski definition) is 0. The molecule has 10 rings (SSSR count). The molecule has 264 valence electrons. The summed E-state index contributed by atoms with van der Waals surface area (Å²) in [7, 11) is 0. The topological polar surface area (TPSA) is 61.0 Å². The van der Waals surface area contributed by atoms with Crippen LogP contribution in [0.25, 0.3) is 89.5 Å². The number of nitrogens with zero attached hydrogens (tertiary/aromatic N) is 3. The van der Waals surface area contributed by atoms with Crippen molar-refractivity contribution in [3.8, 4) is 79.0 Å². The molecular formula is C51H33N3O2. The van der Waals surface area contributed by atoms with Gasteiger partial charge in [-0.3, -0.25) is 0 Å². The maximum absolute atomic E-state index is 6.27. The van der Waals surface area contributed by atoms with Gasteiger partial charge in [-0.15, -0.1) is 0 Å². The van der Waals surface area contributed by atoms with Crippen LogP contribution in [0.15, 0.2) is 205 Å².